The van der Waals surface area contributed by atoms with Crippen LogP contribution in [0.2, 0.25) is 10.0 Å². The van der Waals surface area contributed by atoms with E-state index in [2.05, 4.69) is 4.40 Å². The van der Waals surface area contributed by atoms with Crippen LogP contribution >= 0.6 is 34.5 Å². The van der Waals surface area contributed by atoms with Crippen molar-refractivity contribution in [3.63, 3.8) is 0 Å². The van der Waals surface area contributed by atoms with Crippen molar-refractivity contribution < 1.29 is 8.42 Å². The molecule has 0 radical (unpaired) electrons. The number of hydrogen-bond donors (Lipinski definition) is 0. The van der Waals surface area contributed by atoms with Crippen molar-refractivity contribution in [2.45, 2.75) is 11.8 Å². The first kappa shape index (κ1) is 16.5. The van der Waals surface area contributed by atoms with Gasteiger partial charge in [0.25, 0.3) is 10.0 Å². The second kappa shape index (κ2) is 5.94. The second-order valence-electron chi connectivity index (χ2n) is 4.98. The Hall–Kier alpha value is -1.34. The van der Waals surface area contributed by atoms with E-state index in [4.69, 9.17) is 23.2 Å². The molecule has 3 aromatic rings. The Kier molecular flexibility index (Phi) is 4.27. The fraction of sp³-hybridized carbons (Fsp3) is 0.133. The summed E-state index contributed by atoms with van der Waals surface area (Å²) in [4.78, 5) is 0.495. The van der Waals surface area contributed by atoms with Crippen molar-refractivity contribution in [2.75, 3.05) is 0 Å². The monoisotopic (exact) mass is 386 g/mol. The second-order valence-corrected chi connectivity index (χ2v) is 8.44. The lowest BCUT2D eigenvalue weighted by Crippen LogP contribution is -2.14. The maximum atomic E-state index is 12.5. The van der Waals surface area contributed by atoms with Gasteiger partial charge in [-0.25, -0.2) is 0 Å². The first-order valence-electron chi connectivity index (χ1n) is 6.61. The van der Waals surface area contributed by atoms with E-state index in [0.29, 0.717) is 14.8 Å². The number of benzene rings is 2. The van der Waals surface area contributed by atoms with E-state index < -0.39 is 10.0 Å². The number of nitrogens with zero attached hydrogens (tertiary/aromatic N) is 2. The van der Waals surface area contributed by atoms with Crippen LogP contribution in [0, 0.1) is 6.92 Å². The minimum Gasteiger partial charge on any atom is -0.319 e. The van der Waals surface area contributed by atoms with Crippen LogP contribution in [0.25, 0.3) is 10.2 Å². The quantitative estimate of drug-likeness (QED) is 0.664. The summed E-state index contributed by atoms with van der Waals surface area (Å²) in [5.41, 5.74) is 1.78. The molecule has 0 N–H and O–H groups in total. The smallest absolute Gasteiger partial charge is 0.285 e. The van der Waals surface area contributed by atoms with Crippen molar-refractivity contribution in [3.05, 3.63) is 56.8 Å². The molecule has 0 aliphatic rings. The molecule has 2 aromatic carbocycles. The molecule has 120 valence electrons. The zero-order valence-electron chi connectivity index (χ0n) is 12.2. The molecule has 4 nitrogen and oxygen atoms in total. The summed E-state index contributed by atoms with van der Waals surface area (Å²) in [6, 6.07) is 9.60. The molecule has 23 heavy (non-hydrogen) atoms. The number of aromatic nitrogens is 1. The molecule has 0 saturated carbocycles. The van der Waals surface area contributed by atoms with Gasteiger partial charge in [0, 0.05) is 17.1 Å². The highest BCUT2D eigenvalue weighted by molar-refractivity contribution is 7.90. The van der Waals surface area contributed by atoms with Crippen LogP contribution in [0.5, 0.6) is 0 Å². The first-order valence-corrected chi connectivity index (χ1v) is 9.62. The third kappa shape index (κ3) is 3.04. The molecule has 1 aromatic heterocycles. The molecule has 0 saturated heterocycles. The molecule has 0 bridgehead atoms. The summed E-state index contributed by atoms with van der Waals surface area (Å²) in [6.07, 6.45) is 0. The summed E-state index contributed by atoms with van der Waals surface area (Å²) in [5.74, 6) is 0. The minimum absolute atomic E-state index is 0.106. The molecule has 0 aliphatic heterocycles. The normalized spacial score (nSPS) is 13.0. The predicted molar refractivity (Wildman–Crippen MR) is 94.7 cm³/mol. The Morgan fingerprint density at radius 2 is 1.74 bits per heavy atom. The molecule has 3 rings (SSSR count). The summed E-state index contributed by atoms with van der Waals surface area (Å²) in [5, 5.41) is 1.11. The van der Waals surface area contributed by atoms with Gasteiger partial charge in [-0.05, 0) is 48.9 Å². The molecule has 1 heterocycles. The molecule has 0 aliphatic carbocycles. The zero-order chi connectivity index (χ0) is 16.8. The third-order valence-electron chi connectivity index (χ3n) is 3.46. The number of sulfonamides is 1. The summed E-state index contributed by atoms with van der Waals surface area (Å²) >= 11 is 13.2. The highest BCUT2D eigenvalue weighted by Gasteiger charge is 2.15. The molecule has 0 amide bonds. The van der Waals surface area contributed by atoms with Crippen LogP contribution in [0.15, 0.2) is 45.7 Å². The Morgan fingerprint density at radius 3 is 2.39 bits per heavy atom. The number of fused-ring (bicyclic) bond motifs is 1. The SMILES string of the molecule is Cc1c(Cl)ccc2sc(=NS(=O)(=O)c3ccc(Cl)cc3)n(C)c12. The van der Waals surface area contributed by atoms with Gasteiger partial charge in [0.05, 0.1) is 15.1 Å². The first-order chi connectivity index (χ1) is 10.8. The van der Waals surface area contributed by atoms with Crippen LogP contribution in [0.1, 0.15) is 5.56 Å². The number of aryl methyl sites for hydroxylation is 2. The van der Waals surface area contributed by atoms with E-state index in [9.17, 15) is 8.42 Å². The lowest BCUT2D eigenvalue weighted by molar-refractivity contribution is 0.596. The van der Waals surface area contributed by atoms with Crippen molar-refractivity contribution in [1.82, 2.24) is 4.57 Å². The molecule has 0 unspecified atom stereocenters. The third-order valence-corrected chi connectivity index (χ3v) is 6.62. The maximum Gasteiger partial charge on any atom is 0.285 e. The molecule has 8 heteroatoms. The van der Waals surface area contributed by atoms with Gasteiger partial charge < -0.3 is 4.57 Å². The largest absolute Gasteiger partial charge is 0.319 e. The average molecular weight is 387 g/mol. The van der Waals surface area contributed by atoms with Gasteiger partial charge in [-0.2, -0.15) is 8.42 Å². The average Bonchev–Trinajstić information content (AvgIpc) is 2.80. The standard InChI is InChI=1S/C15H12Cl2N2O2S2/c1-9-12(17)7-8-13-14(9)19(2)15(22-13)18-23(20,21)11-5-3-10(16)4-6-11/h3-8H,1-2H3. The Balaban J connectivity index is 2.23. The highest BCUT2D eigenvalue weighted by Crippen LogP contribution is 2.26. The number of thiazole rings is 1. The fourth-order valence-electron chi connectivity index (χ4n) is 2.25. The lowest BCUT2D eigenvalue weighted by Gasteiger charge is -2.02. The van der Waals surface area contributed by atoms with Gasteiger partial charge in [-0.15, -0.1) is 4.40 Å². The minimum atomic E-state index is -3.80. The van der Waals surface area contributed by atoms with Crippen LogP contribution in [-0.4, -0.2) is 13.0 Å². The van der Waals surface area contributed by atoms with Crippen molar-refractivity contribution in [1.29, 1.82) is 0 Å². The van der Waals surface area contributed by atoms with Crippen LogP contribution in [0.4, 0.5) is 0 Å². The molecule has 0 fully saturated rings. The van der Waals surface area contributed by atoms with E-state index >= 15 is 0 Å². The number of rotatable bonds is 2. The van der Waals surface area contributed by atoms with Crippen molar-refractivity contribution in [3.8, 4) is 0 Å². The Morgan fingerprint density at radius 1 is 1.09 bits per heavy atom. The molecule has 0 spiro atoms. The summed E-state index contributed by atoms with van der Waals surface area (Å²) in [7, 11) is -2.02. The molecule has 0 atom stereocenters. The van der Waals surface area contributed by atoms with Crippen LogP contribution in [0.3, 0.4) is 0 Å². The zero-order valence-corrected chi connectivity index (χ0v) is 15.4. The lowest BCUT2D eigenvalue weighted by atomic mass is 10.2. The van der Waals surface area contributed by atoms with Crippen molar-refractivity contribution >= 4 is 54.8 Å². The highest BCUT2D eigenvalue weighted by atomic mass is 35.5. The van der Waals surface area contributed by atoms with Gasteiger partial charge in [0.2, 0.25) is 4.80 Å². The summed E-state index contributed by atoms with van der Waals surface area (Å²) in [6.45, 7) is 1.90. The maximum absolute atomic E-state index is 12.5. The molecular formula is C15H12Cl2N2O2S2. The number of halogens is 2. The van der Waals surface area contributed by atoms with Crippen LogP contribution in [-0.2, 0) is 17.1 Å². The van der Waals surface area contributed by atoms with Gasteiger partial charge in [0.1, 0.15) is 0 Å². The molecular weight excluding hydrogens is 375 g/mol. The Labute approximate surface area is 147 Å². The van der Waals surface area contributed by atoms with Gasteiger partial charge in [-0.3, -0.25) is 0 Å². The predicted octanol–water partition coefficient (Wildman–Crippen LogP) is 4.14. The van der Waals surface area contributed by atoms with Crippen molar-refractivity contribution in [2.24, 2.45) is 11.4 Å². The van der Waals surface area contributed by atoms with Gasteiger partial charge in [0.15, 0.2) is 0 Å². The topological polar surface area (TPSA) is 51.4 Å². The Bertz CT molecular complexity index is 1070. The fourth-order valence-corrected chi connectivity index (χ4v) is 4.84. The van der Waals surface area contributed by atoms with E-state index in [1.165, 1.54) is 35.6 Å². The van der Waals surface area contributed by atoms with E-state index in [1.807, 2.05) is 13.0 Å². The summed E-state index contributed by atoms with van der Waals surface area (Å²) < 4.78 is 31.5. The van der Waals surface area contributed by atoms with Crippen LogP contribution < -0.4 is 4.80 Å². The number of hydrogen-bond acceptors (Lipinski definition) is 3. The van der Waals surface area contributed by atoms with E-state index in [0.717, 1.165) is 15.8 Å². The van der Waals surface area contributed by atoms with E-state index in [1.54, 1.807) is 17.7 Å². The van der Waals surface area contributed by atoms with E-state index in [-0.39, 0.29) is 4.90 Å². The van der Waals surface area contributed by atoms with Gasteiger partial charge in [-0.1, -0.05) is 34.5 Å². The van der Waals surface area contributed by atoms with Gasteiger partial charge >= 0.3 is 0 Å².